The van der Waals surface area contributed by atoms with E-state index in [4.69, 9.17) is 10.2 Å². The van der Waals surface area contributed by atoms with Crippen LogP contribution in [0.3, 0.4) is 0 Å². The molecule has 0 spiro atoms. The Hall–Kier alpha value is -2.79. The van der Waals surface area contributed by atoms with Crippen LogP contribution >= 0.6 is 0 Å². The summed E-state index contributed by atoms with van der Waals surface area (Å²) in [5, 5.41) is 0. The predicted octanol–water partition coefficient (Wildman–Crippen LogP) is 4.56. The molecule has 1 aliphatic carbocycles. The molecule has 1 aliphatic rings. The van der Waals surface area contributed by atoms with Crippen molar-refractivity contribution in [1.29, 1.82) is 0 Å². The number of furan rings is 1. The first kappa shape index (κ1) is 19.5. The van der Waals surface area contributed by atoms with Gasteiger partial charge in [0.2, 0.25) is 0 Å². The number of aromatic nitrogens is 1. The SMILES string of the molecule is NCc1ccccc1Cn1cccc1CN(C(=O)c1ccco1)C1CCCCC1. The van der Waals surface area contributed by atoms with E-state index >= 15 is 0 Å². The molecule has 0 bridgehead atoms. The molecule has 2 N–H and O–H groups in total. The highest BCUT2D eigenvalue weighted by molar-refractivity contribution is 5.91. The normalized spacial score (nSPS) is 14.8. The summed E-state index contributed by atoms with van der Waals surface area (Å²) in [6, 6.07) is 16.2. The van der Waals surface area contributed by atoms with Crippen molar-refractivity contribution >= 4 is 5.91 Å². The van der Waals surface area contributed by atoms with Gasteiger partial charge in [-0.25, -0.2) is 0 Å². The van der Waals surface area contributed by atoms with Crippen molar-refractivity contribution in [3.63, 3.8) is 0 Å². The minimum atomic E-state index is -0.0167. The van der Waals surface area contributed by atoms with Gasteiger partial charge >= 0.3 is 0 Å². The first-order valence-corrected chi connectivity index (χ1v) is 10.5. The van der Waals surface area contributed by atoms with Crippen molar-refractivity contribution in [2.45, 2.75) is 57.8 Å². The summed E-state index contributed by atoms with van der Waals surface area (Å²) in [6.07, 6.45) is 9.38. The van der Waals surface area contributed by atoms with E-state index in [0.717, 1.165) is 30.6 Å². The number of benzene rings is 1. The molecular weight excluding hydrogens is 362 g/mol. The van der Waals surface area contributed by atoms with Crippen molar-refractivity contribution in [2.24, 2.45) is 5.73 Å². The van der Waals surface area contributed by atoms with Crippen molar-refractivity contribution < 1.29 is 9.21 Å². The van der Waals surface area contributed by atoms with Crippen LogP contribution in [-0.2, 0) is 19.6 Å². The fourth-order valence-electron chi connectivity index (χ4n) is 4.32. The third kappa shape index (κ3) is 4.46. The van der Waals surface area contributed by atoms with Gasteiger partial charge in [0, 0.05) is 31.0 Å². The molecule has 29 heavy (non-hydrogen) atoms. The average Bonchev–Trinajstić information content (AvgIpc) is 3.45. The smallest absolute Gasteiger partial charge is 0.290 e. The lowest BCUT2D eigenvalue weighted by Crippen LogP contribution is -2.41. The van der Waals surface area contributed by atoms with Crippen LogP contribution in [-0.4, -0.2) is 21.4 Å². The maximum atomic E-state index is 13.2. The standard InChI is InChI=1S/C24H29N3O2/c25-16-19-8-4-5-9-20(19)17-26-14-6-12-22(26)18-27(21-10-2-1-3-11-21)24(28)23-13-7-15-29-23/h4-9,12-15,21H,1-3,10-11,16-18,25H2. The lowest BCUT2D eigenvalue weighted by molar-refractivity contribution is 0.0576. The fraction of sp³-hybridized carbons (Fsp3) is 0.375. The van der Waals surface area contributed by atoms with E-state index < -0.39 is 0 Å². The van der Waals surface area contributed by atoms with Crippen molar-refractivity contribution in [2.75, 3.05) is 0 Å². The second kappa shape index (κ2) is 9.14. The Bertz CT molecular complexity index is 923. The van der Waals surface area contributed by atoms with Gasteiger partial charge in [-0.1, -0.05) is 43.5 Å². The lowest BCUT2D eigenvalue weighted by Gasteiger charge is -2.34. The van der Waals surface area contributed by atoms with Crippen molar-refractivity contribution in [3.8, 4) is 0 Å². The molecule has 0 unspecified atom stereocenters. The molecule has 152 valence electrons. The molecule has 0 saturated heterocycles. The number of hydrogen-bond donors (Lipinski definition) is 1. The number of amides is 1. The molecule has 3 aromatic rings. The molecule has 5 nitrogen and oxygen atoms in total. The van der Waals surface area contributed by atoms with Crippen LogP contribution in [0, 0.1) is 0 Å². The van der Waals surface area contributed by atoms with Crippen molar-refractivity contribution in [1.82, 2.24) is 9.47 Å². The second-order valence-corrected chi connectivity index (χ2v) is 7.80. The molecular formula is C24H29N3O2. The zero-order valence-corrected chi connectivity index (χ0v) is 16.8. The Morgan fingerprint density at radius 3 is 2.55 bits per heavy atom. The van der Waals surface area contributed by atoms with E-state index in [1.54, 1.807) is 18.4 Å². The summed E-state index contributed by atoms with van der Waals surface area (Å²) < 4.78 is 7.65. The summed E-state index contributed by atoms with van der Waals surface area (Å²) in [5.41, 5.74) is 9.42. The van der Waals surface area contributed by atoms with E-state index in [2.05, 4.69) is 35.0 Å². The highest BCUT2D eigenvalue weighted by Crippen LogP contribution is 2.26. The Morgan fingerprint density at radius 1 is 1.03 bits per heavy atom. The van der Waals surface area contributed by atoms with E-state index in [9.17, 15) is 4.79 Å². The van der Waals surface area contributed by atoms with Crippen LogP contribution in [0.15, 0.2) is 65.4 Å². The quantitative estimate of drug-likeness (QED) is 0.642. The molecule has 0 radical (unpaired) electrons. The number of hydrogen-bond acceptors (Lipinski definition) is 3. The van der Waals surface area contributed by atoms with E-state index in [1.807, 2.05) is 17.0 Å². The molecule has 0 atom stereocenters. The van der Waals surface area contributed by atoms with Gasteiger partial charge in [-0.2, -0.15) is 0 Å². The van der Waals surface area contributed by atoms with Gasteiger partial charge in [0.1, 0.15) is 0 Å². The van der Waals surface area contributed by atoms with Gasteiger partial charge < -0.3 is 19.6 Å². The number of nitrogens with zero attached hydrogens (tertiary/aromatic N) is 2. The Kier molecular flexibility index (Phi) is 6.15. The first-order chi connectivity index (χ1) is 14.3. The minimum Gasteiger partial charge on any atom is -0.459 e. The van der Waals surface area contributed by atoms with Crippen molar-refractivity contribution in [3.05, 3.63) is 83.6 Å². The molecule has 2 heterocycles. The zero-order valence-electron chi connectivity index (χ0n) is 16.8. The molecule has 5 heteroatoms. The van der Waals surface area contributed by atoms with Crippen LogP contribution < -0.4 is 5.73 Å². The van der Waals surface area contributed by atoms with E-state index in [-0.39, 0.29) is 11.9 Å². The Balaban J connectivity index is 1.58. The van der Waals surface area contributed by atoms with Crippen LogP contribution in [0.4, 0.5) is 0 Å². The highest BCUT2D eigenvalue weighted by atomic mass is 16.3. The fourth-order valence-corrected chi connectivity index (χ4v) is 4.32. The lowest BCUT2D eigenvalue weighted by atomic mass is 9.94. The second-order valence-electron chi connectivity index (χ2n) is 7.80. The van der Waals surface area contributed by atoms with Crippen LogP contribution in [0.2, 0.25) is 0 Å². The van der Waals surface area contributed by atoms with Gasteiger partial charge in [0.25, 0.3) is 5.91 Å². The number of nitrogens with two attached hydrogens (primary N) is 1. The summed E-state index contributed by atoms with van der Waals surface area (Å²) in [7, 11) is 0. The zero-order chi connectivity index (χ0) is 20.1. The van der Waals surface area contributed by atoms with Gasteiger partial charge in [0.05, 0.1) is 12.8 Å². The summed E-state index contributed by atoms with van der Waals surface area (Å²) in [6.45, 7) is 1.86. The number of carbonyl (C=O) groups excluding carboxylic acids is 1. The first-order valence-electron chi connectivity index (χ1n) is 10.5. The molecule has 0 aliphatic heterocycles. The monoisotopic (exact) mass is 391 g/mol. The maximum absolute atomic E-state index is 13.2. The summed E-state index contributed by atoms with van der Waals surface area (Å²) in [4.78, 5) is 15.2. The Morgan fingerprint density at radius 2 is 1.83 bits per heavy atom. The van der Waals surface area contributed by atoms with Crippen LogP contribution in [0.1, 0.15) is 59.5 Å². The van der Waals surface area contributed by atoms with Gasteiger partial charge in [0.15, 0.2) is 5.76 Å². The topological polar surface area (TPSA) is 64.4 Å². The largest absolute Gasteiger partial charge is 0.459 e. The predicted molar refractivity (Wildman–Crippen MR) is 113 cm³/mol. The number of carbonyl (C=O) groups is 1. The van der Waals surface area contributed by atoms with Gasteiger partial charge in [-0.3, -0.25) is 4.79 Å². The van der Waals surface area contributed by atoms with Gasteiger partial charge in [-0.05, 0) is 48.2 Å². The average molecular weight is 392 g/mol. The third-order valence-electron chi connectivity index (χ3n) is 5.94. The van der Waals surface area contributed by atoms with E-state index in [1.165, 1.54) is 24.8 Å². The molecule has 1 aromatic carbocycles. The molecule has 1 fully saturated rings. The van der Waals surface area contributed by atoms with Crippen LogP contribution in [0.25, 0.3) is 0 Å². The molecule has 1 amide bonds. The molecule has 2 aromatic heterocycles. The highest BCUT2D eigenvalue weighted by Gasteiger charge is 2.28. The summed E-state index contributed by atoms with van der Waals surface area (Å²) >= 11 is 0. The van der Waals surface area contributed by atoms with Crippen LogP contribution in [0.5, 0.6) is 0 Å². The molecule has 4 rings (SSSR count). The third-order valence-corrected chi connectivity index (χ3v) is 5.94. The van der Waals surface area contributed by atoms with E-state index in [0.29, 0.717) is 18.8 Å². The minimum absolute atomic E-state index is 0.0167. The van der Waals surface area contributed by atoms with Gasteiger partial charge in [-0.15, -0.1) is 0 Å². The molecule has 1 saturated carbocycles. The Labute approximate surface area is 172 Å². The summed E-state index contributed by atoms with van der Waals surface area (Å²) in [5.74, 6) is 0.402. The maximum Gasteiger partial charge on any atom is 0.290 e. The number of rotatable bonds is 7.